The van der Waals surface area contributed by atoms with E-state index >= 15 is 0 Å². The molecule has 0 amide bonds. The van der Waals surface area contributed by atoms with E-state index in [1.165, 1.54) is 37.7 Å². The Hall–Kier alpha value is -4.12. The number of H-pyrrole nitrogens is 1. The number of aromatic amines is 1. The van der Waals surface area contributed by atoms with Crippen LogP contribution < -0.4 is 16.0 Å². The second-order valence-electron chi connectivity index (χ2n) is 12.6. The molecular weight excluding hydrogens is 562 g/mol. The van der Waals surface area contributed by atoms with Gasteiger partial charge < -0.3 is 20.7 Å². The summed E-state index contributed by atoms with van der Waals surface area (Å²) in [7, 11) is 1.95. The highest BCUT2D eigenvalue weighted by molar-refractivity contribution is 6.01. The predicted molar refractivity (Wildman–Crippen MR) is 178 cm³/mol. The Labute approximate surface area is 264 Å². The largest absolute Gasteiger partial charge is 0.377 e. The van der Waals surface area contributed by atoms with Crippen LogP contribution in [0.15, 0.2) is 73.2 Å². The first-order chi connectivity index (χ1) is 22.0. The van der Waals surface area contributed by atoms with E-state index < -0.39 is 0 Å². The average Bonchev–Trinajstić information content (AvgIpc) is 3.39. The maximum Gasteiger partial charge on any atom is 0.130 e. The van der Waals surface area contributed by atoms with Crippen LogP contribution in [-0.2, 0) is 11.8 Å². The van der Waals surface area contributed by atoms with Crippen LogP contribution in [0.4, 0.5) is 5.82 Å². The van der Waals surface area contributed by atoms with Crippen LogP contribution in [-0.4, -0.2) is 73.9 Å². The summed E-state index contributed by atoms with van der Waals surface area (Å²) >= 11 is 0. The molecule has 0 spiro atoms. The first kappa shape index (κ1) is 29.6. The number of rotatable bonds is 6. The number of ether oxygens (including phenoxy) is 1. The molecule has 45 heavy (non-hydrogen) atoms. The van der Waals surface area contributed by atoms with Crippen molar-refractivity contribution >= 4 is 16.7 Å². The molecule has 3 fully saturated rings. The van der Waals surface area contributed by atoms with Gasteiger partial charge in [-0.15, -0.1) is 0 Å². The number of aromatic nitrogens is 6. The van der Waals surface area contributed by atoms with Crippen molar-refractivity contribution in [1.82, 2.24) is 35.3 Å². The summed E-state index contributed by atoms with van der Waals surface area (Å²) in [6, 6.07) is 21.1. The second kappa shape index (κ2) is 13.1. The van der Waals surface area contributed by atoms with Crippen LogP contribution in [0.25, 0.3) is 33.5 Å². The lowest BCUT2D eigenvalue weighted by Crippen LogP contribution is -2.44. The fourth-order valence-corrected chi connectivity index (χ4v) is 6.82. The third kappa shape index (κ3) is 6.49. The number of fused-ring (bicyclic) bond motifs is 1. The lowest BCUT2D eigenvalue weighted by molar-refractivity contribution is 0.0986. The Morgan fingerprint density at radius 1 is 1.00 bits per heavy atom. The van der Waals surface area contributed by atoms with Gasteiger partial charge in [-0.3, -0.25) is 14.8 Å². The molecule has 0 radical (unpaired) electrons. The summed E-state index contributed by atoms with van der Waals surface area (Å²) in [5.41, 5.74) is 12.0. The molecule has 1 saturated heterocycles. The van der Waals surface area contributed by atoms with Crippen LogP contribution in [0, 0.1) is 0 Å². The van der Waals surface area contributed by atoms with Gasteiger partial charge in [-0.25, -0.2) is 4.98 Å². The number of nitrogens with zero attached hydrogens (tertiary/aromatic N) is 6. The normalized spacial score (nSPS) is 24.7. The first-order valence-electron chi connectivity index (χ1n) is 16.2. The van der Waals surface area contributed by atoms with Gasteiger partial charge in [-0.1, -0.05) is 30.3 Å². The molecule has 8 rings (SSSR count). The van der Waals surface area contributed by atoms with Crippen molar-refractivity contribution in [3.05, 3.63) is 78.8 Å². The van der Waals surface area contributed by atoms with E-state index in [0.29, 0.717) is 25.3 Å². The van der Waals surface area contributed by atoms with Gasteiger partial charge in [-0.05, 0) is 68.9 Å². The van der Waals surface area contributed by atoms with Gasteiger partial charge in [-0.2, -0.15) is 10.2 Å². The van der Waals surface area contributed by atoms with Gasteiger partial charge in [0.15, 0.2) is 0 Å². The molecule has 3 unspecified atom stereocenters. The molecule has 234 valence electrons. The number of hydrogen-bond acceptors (Lipinski definition) is 8. The van der Waals surface area contributed by atoms with Gasteiger partial charge in [0.25, 0.3) is 0 Å². The van der Waals surface area contributed by atoms with Gasteiger partial charge in [0, 0.05) is 67.2 Å². The number of anilines is 1. The summed E-state index contributed by atoms with van der Waals surface area (Å²) < 4.78 is 7.50. The van der Waals surface area contributed by atoms with Crippen LogP contribution in [0.1, 0.15) is 50.5 Å². The second-order valence-corrected chi connectivity index (χ2v) is 12.6. The van der Waals surface area contributed by atoms with E-state index in [4.69, 9.17) is 15.5 Å². The molecule has 1 aliphatic heterocycles. The molecule has 4 N–H and O–H groups in total. The number of benzene rings is 1. The molecule has 5 aromatic rings. The lowest BCUT2D eigenvalue weighted by Gasteiger charge is -2.34. The number of morpholine rings is 1. The molecule has 1 aromatic carbocycles. The molecule has 2 aliphatic carbocycles. The summed E-state index contributed by atoms with van der Waals surface area (Å²) in [6.45, 7) is 4.37. The molecule has 4 aromatic heterocycles. The zero-order valence-electron chi connectivity index (χ0n) is 26.1. The van der Waals surface area contributed by atoms with Gasteiger partial charge in [0.05, 0.1) is 30.6 Å². The summed E-state index contributed by atoms with van der Waals surface area (Å²) in [5, 5.41) is 16.3. The lowest BCUT2D eigenvalue weighted by atomic mass is 9.92. The van der Waals surface area contributed by atoms with Crippen LogP contribution in [0.5, 0.6) is 0 Å². The van der Waals surface area contributed by atoms with E-state index in [9.17, 15) is 0 Å². The number of hydrogen-bond donors (Lipinski definition) is 3. The summed E-state index contributed by atoms with van der Waals surface area (Å²) in [6.07, 6.45) is 11.6. The zero-order valence-corrected chi connectivity index (χ0v) is 26.1. The van der Waals surface area contributed by atoms with E-state index in [-0.39, 0.29) is 6.04 Å². The minimum atomic E-state index is 0.255. The maximum absolute atomic E-state index is 5.93. The number of pyridine rings is 2. The molecule has 10 heteroatoms. The monoisotopic (exact) mass is 605 g/mol. The van der Waals surface area contributed by atoms with Crippen LogP contribution in [0.3, 0.4) is 0 Å². The van der Waals surface area contributed by atoms with Gasteiger partial charge in [0.1, 0.15) is 17.0 Å². The summed E-state index contributed by atoms with van der Waals surface area (Å²) in [4.78, 5) is 11.9. The van der Waals surface area contributed by atoms with Crippen molar-refractivity contribution < 1.29 is 4.74 Å². The minimum absolute atomic E-state index is 0.255. The van der Waals surface area contributed by atoms with E-state index in [1.54, 1.807) is 6.20 Å². The standard InChI is InChI=1S/C20H21N7O.C15H22N2/c1-13-12-28-10-9-27(13)18-11-15(17-5-8-23-26(17)2)14-3-6-21-20(19(14)24-18)16-4-7-22-25-16;16-12-6-8-13(9-7-12)17-15-10-14(15)11-4-2-1-3-5-11/h3-8,11,13H,9-10,12H2,1-2H3,(H,22,25);1-5,12-15,17H,6-10,16H2. The van der Waals surface area contributed by atoms with E-state index in [0.717, 1.165) is 57.9 Å². The van der Waals surface area contributed by atoms with Crippen molar-refractivity contribution in [3.63, 3.8) is 0 Å². The number of nitrogens with two attached hydrogens (primary N) is 1. The van der Waals surface area contributed by atoms with Crippen molar-refractivity contribution in [2.24, 2.45) is 12.8 Å². The smallest absolute Gasteiger partial charge is 0.130 e. The quantitative estimate of drug-likeness (QED) is 0.246. The summed E-state index contributed by atoms with van der Waals surface area (Å²) in [5.74, 6) is 1.68. The number of nitrogens with one attached hydrogen (secondary N) is 2. The van der Waals surface area contributed by atoms with Crippen LogP contribution in [0.2, 0.25) is 0 Å². The molecule has 10 nitrogen and oxygen atoms in total. The Morgan fingerprint density at radius 3 is 2.58 bits per heavy atom. The Bertz CT molecular complexity index is 1700. The zero-order chi connectivity index (χ0) is 30.8. The fourth-order valence-electron chi connectivity index (χ4n) is 6.82. The molecule has 3 aliphatic rings. The van der Waals surface area contributed by atoms with Crippen molar-refractivity contribution in [2.75, 3.05) is 24.7 Å². The predicted octanol–water partition coefficient (Wildman–Crippen LogP) is 5.05. The highest BCUT2D eigenvalue weighted by Crippen LogP contribution is 2.41. The van der Waals surface area contributed by atoms with Gasteiger partial charge in [0.2, 0.25) is 0 Å². The van der Waals surface area contributed by atoms with E-state index in [1.807, 2.05) is 42.3 Å². The van der Waals surface area contributed by atoms with Crippen molar-refractivity contribution in [3.8, 4) is 22.6 Å². The average molecular weight is 606 g/mol. The molecular formula is C35H43N9O. The molecule has 2 saturated carbocycles. The highest BCUT2D eigenvalue weighted by atomic mass is 16.5. The number of aryl methyl sites for hydroxylation is 1. The maximum atomic E-state index is 5.93. The SMILES string of the molecule is CC1COCCN1c1cc(-c2ccnn2C)c2ccnc(-c3ccn[nH]3)c2n1.NC1CCC(NC2CC2c2ccccc2)CC1. The topological polar surface area (TPSA) is 123 Å². The first-order valence-corrected chi connectivity index (χ1v) is 16.2. The van der Waals surface area contributed by atoms with Crippen LogP contribution >= 0.6 is 0 Å². The minimum Gasteiger partial charge on any atom is -0.377 e. The molecule has 0 bridgehead atoms. The third-order valence-electron chi connectivity index (χ3n) is 9.47. The highest BCUT2D eigenvalue weighted by Gasteiger charge is 2.39. The van der Waals surface area contributed by atoms with Gasteiger partial charge >= 0.3 is 0 Å². The van der Waals surface area contributed by atoms with Crippen molar-refractivity contribution in [2.45, 2.75) is 69.1 Å². The fraction of sp³-hybridized carbons (Fsp3) is 0.429. The third-order valence-corrected chi connectivity index (χ3v) is 9.47. The Kier molecular flexibility index (Phi) is 8.60. The molecule has 3 atom stereocenters. The Balaban J connectivity index is 0.000000163. The van der Waals surface area contributed by atoms with Crippen molar-refractivity contribution in [1.29, 1.82) is 0 Å². The Morgan fingerprint density at radius 2 is 1.84 bits per heavy atom. The molecule has 5 heterocycles. The van der Waals surface area contributed by atoms with E-state index in [2.05, 4.69) is 73.8 Å².